The number of furan rings is 2. The van der Waals surface area contributed by atoms with Gasteiger partial charge < -0.3 is 18.6 Å². The fourth-order valence-corrected chi connectivity index (χ4v) is 10.4. The highest BCUT2D eigenvalue weighted by atomic mass is 16.4. The van der Waals surface area contributed by atoms with Crippen LogP contribution in [0.2, 0.25) is 0 Å². The minimum absolute atomic E-state index is 0.777. The predicted octanol–water partition coefficient (Wildman–Crippen LogP) is 18.4. The molecule has 9 aromatic carbocycles. The second kappa shape index (κ2) is 15.1. The van der Waals surface area contributed by atoms with Crippen LogP contribution in [0, 0.1) is 83.1 Å². The van der Waals surface area contributed by atoms with Gasteiger partial charge in [-0.05, 0) is 270 Å². The number of hydrogen-bond acceptors (Lipinski definition) is 4. The average molecular weight is 861 g/mol. The normalized spacial score (nSPS) is 11.9. The molecule has 0 aliphatic heterocycles. The molecule has 66 heavy (non-hydrogen) atoms. The largest absolute Gasteiger partial charge is 0.451 e. The highest BCUT2D eigenvalue weighted by Crippen LogP contribution is 2.46. The average Bonchev–Trinajstić information content (AvgIpc) is 3.87. The van der Waals surface area contributed by atoms with Gasteiger partial charge in [0.2, 0.25) is 0 Å². The lowest BCUT2D eigenvalue weighted by atomic mass is 9.99. The van der Waals surface area contributed by atoms with Gasteiger partial charge in [0.15, 0.2) is 11.2 Å². The summed E-state index contributed by atoms with van der Waals surface area (Å²) in [5, 5.41) is 8.65. The van der Waals surface area contributed by atoms with Crippen molar-refractivity contribution < 1.29 is 8.83 Å². The SMILES string of the molecule is Cc1cc(N(c2cc(C)c(C)c(C)c2)c2ccc3c(ccc4c5ccc6c7ccc8cc(N(c9cc(C)c(C)c(C)c9)c9cc(C)c(C)c(C)c9)ccc8c7oc6c5oc34)c2)cc(C)c1C. The van der Waals surface area contributed by atoms with Crippen LogP contribution in [0.1, 0.15) is 66.8 Å². The smallest absolute Gasteiger partial charge is 0.178 e. The first-order valence-electron chi connectivity index (χ1n) is 23.2. The van der Waals surface area contributed by atoms with Gasteiger partial charge in [0.1, 0.15) is 11.2 Å². The summed E-state index contributed by atoms with van der Waals surface area (Å²) >= 11 is 0. The second-order valence-electron chi connectivity index (χ2n) is 19.2. The molecule has 0 fully saturated rings. The van der Waals surface area contributed by atoms with Gasteiger partial charge in [0.05, 0.1) is 0 Å². The monoisotopic (exact) mass is 860 g/mol. The van der Waals surface area contributed by atoms with Crippen LogP contribution in [0.4, 0.5) is 34.1 Å². The fourth-order valence-electron chi connectivity index (χ4n) is 10.4. The topological polar surface area (TPSA) is 32.8 Å². The lowest BCUT2D eigenvalue weighted by Gasteiger charge is -2.28. The number of anilines is 6. The summed E-state index contributed by atoms with van der Waals surface area (Å²) in [6, 6.07) is 45.4. The van der Waals surface area contributed by atoms with E-state index in [4.69, 9.17) is 8.83 Å². The molecule has 11 rings (SSSR count). The van der Waals surface area contributed by atoms with E-state index in [1.54, 1.807) is 0 Å². The molecule has 0 bridgehead atoms. The van der Waals surface area contributed by atoms with Gasteiger partial charge in [-0.2, -0.15) is 0 Å². The Hall–Kier alpha value is -7.30. The summed E-state index contributed by atoms with van der Waals surface area (Å²) in [7, 11) is 0. The first kappa shape index (κ1) is 41.4. The summed E-state index contributed by atoms with van der Waals surface area (Å²) in [4.78, 5) is 4.80. The number of fused-ring (bicyclic) bond motifs is 11. The Morgan fingerprint density at radius 1 is 0.242 bits per heavy atom. The summed E-state index contributed by atoms with van der Waals surface area (Å²) in [6.07, 6.45) is 0. The molecule has 4 heteroatoms. The Morgan fingerprint density at radius 2 is 0.485 bits per heavy atom. The van der Waals surface area contributed by atoms with Crippen LogP contribution in [0.25, 0.3) is 65.4 Å². The lowest BCUT2D eigenvalue weighted by Crippen LogP contribution is -2.12. The minimum atomic E-state index is 0.777. The number of aryl methyl sites for hydroxylation is 8. The quantitative estimate of drug-likeness (QED) is 0.167. The highest BCUT2D eigenvalue weighted by Gasteiger charge is 2.22. The van der Waals surface area contributed by atoms with Crippen molar-refractivity contribution in [1.82, 2.24) is 0 Å². The molecular formula is C62H56N2O2. The zero-order valence-corrected chi connectivity index (χ0v) is 40.3. The lowest BCUT2D eigenvalue weighted by molar-refractivity contribution is 0.637. The molecular weight excluding hydrogens is 805 g/mol. The summed E-state index contributed by atoms with van der Waals surface area (Å²) in [6.45, 7) is 26.5. The molecule has 0 radical (unpaired) electrons. The van der Waals surface area contributed by atoms with Crippen LogP contribution in [0.3, 0.4) is 0 Å². The van der Waals surface area contributed by atoms with E-state index in [-0.39, 0.29) is 0 Å². The zero-order chi connectivity index (χ0) is 46.0. The molecule has 0 aliphatic carbocycles. The van der Waals surface area contributed by atoms with Crippen molar-refractivity contribution >= 4 is 99.5 Å². The Balaban J connectivity index is 1.04. The molecule has 0 aliphatic rings. The van der Waals surface area contributed by atoms with Crippen LogP contribution in [0.5, 0.6) is 0 Å². The van der Waals surface area contributed by atoms with Crippen LogP contribution < -0.4 is 9.80 Å². The van der Waals surface area contributed by atoms with Crippen molar-refractivity contribution in [1.29, 1.82) is 0 Å². The van der Waals surface area contributed by atoms with Crippen LogP contribution in [-0.2, 0) is 0 Å². The Labute approximate surface area is 387 Å². The molecule has 0 unspecified atom stereocenters. The van der Waals surface area contributed by atoms with Gasteiger partial charge in [-0.1, -0.05) is 12.1 Å². The molecule has 326 valence electrons. The van der Waals surface area contributed by atoms with E-state index in [9.17, 15) is 0 Å². The highest BCUT2D eigenvalue weighted by molar-refractivity contribution is 6.24. The van der Waals surface area contributed by atoms with Crippen molar-refractivity contribution in [2.24, 2.45) is 0 Å². The molecule has 11 aromatic rings. The fraction of sp³-hybridized carbons (Fsp3) is 0.194. The van der Waals surface area contributed by atoms with Gasteiger partial charge in [0.25, 0.3) is 0 Å². The molecule has 2 heterocycles. The first-order valence-corrected chi connectivity index (χ1v) is 23.2. The molecule has 0 saturated heterocycles. The number of rotatable bonds is 6. The van der Waals surface area contributed by atoms with E-state index in [0.717, 1.165) is 99.5 Å². The maximum absolute atomic E-state index is 6.97. The maximum Gasteiger partial charge on any atom is 0.178 e. The third kappa shape index (κ3) is 6.41. The van der Waals surface area contributed by atoms with Crippen LogP contribution in [-0.4, -0.2) is 0 Å². The summed E-state index contributed by atoms with van der Waals surface area (Å²) < 4.78 is 13.9. The van der Waals surface area contributed by atoms with Crippen molar-refractivity contribution in [2.75, 3.05) is 9.80 Å². The van der Waals surface area contributed by atoms with E-state index in [1.807, 2.05) is 0 Å². The number of hydrogen-bond donors (Lipinski definition) is 0. The third-order valence-corrected chi connectivity index (χ3v) is 15.2. The summed E-state index contributed by atoms with van der Waals surface area (Å²) in [5.41, 5.74) is 25.7. The van der Waals surface area contributed by atoms with E-state index < -0.39 is 0 Å². The molecule has 0 N–H and O–H groups in total. The van der Waals surface area contributed by atoms with Crippen molar-refractivity contribution in [3.8, 4) is 0 Å². The summed E-state index contributed by atoms with van der Waals surface area (Å²) in [5.74, 6) is 0. The Morgan fingerprint density at radius 3 is 0.773 bits per heavy atom. The molecule has 0 spiro atoms. The van der Waals surface area contributed by atoms with Gasteiger partial charge in [-0.3, -0.25) is 0 Å². The van der Waals surface area contributed by atoms with Gasteiger partial charge in [-0.25, -0.2) is 0 Å². The standard InChI is InChI=1S/C62H56N2O2/c1-33-23-49(24-34(2)41(33)9)63(50-25-35(3)42(10)36(4)26-50)47-15-19-53-45(31-47)13-17-55-57-21-22-58-56-18-14-46-32-48(16-20-54(46)60(56)66-62(58)61(57)65-59(53)55)64(51-27-37(5)43(11)38(6)28-51)52-29-39(7)44(12)40(8)30-52/h13-32H,1-12H3. The van der Waals surface area contributed by atoms with Crippen LogP contribution >= 0.6 is 0 Å². The zero-order valence-electron chi connectivity index (χ0n) is 40.3. The first-order chi connectivity index (χ1) is 31.6. The molecule has 0 amide bonds. The molecule has 0 saturated carbocycles. The van der Waals surface area contributed by atoms with Crippen molar-refractivity contribution in [2.45, 2.75) is 83.1 Å². The Kier molecular flexibility index (Phi) is 9.50. The second-order valence-corrected chi connectivity index (χ2v) is 19.2. The van der Waals surface area contributed by atoms with E-state index in [1.165, 1.54) is 66.8 Å². The maximum atomic E-state index is 6.97. The van der Waals surface area contributed by atoms with E-state index in [0.29, 0.717) is 0 Å². The van der Waals surface area contributed by atoms with E-state index in [2.05, 4.69) is 214 Å². The van der Waals surface area contributed by atoms with E-state index >= 15 is 0 Å². The number of nitrogens with zero attached hydrogens (tertiary/aromatic N) is 2. The Bertz CT molecular complexity index is 3400. The molecule has 4 nitrogen and oxygen atoms in total. The molecule has 2 aromatic heterocycles. The number of benzene rings is 9. The molecule has 0 atom stereocenters. The van der Waals surface area contributed by atoms with Gasteiger partial charge >= 0.3 is 0 Å². The van der Waals surface area contributed by atoms with Crippen molar-refractivity contribution in [3.63, 3.8) is 0 Å². The predicted molar refractivity (Wildman–Crippen MR) is 282 cm³/mol. The third-order valence-electron chi connectivity index (χ3n) is 15.2. The van der Waals surface area contributed by atoms with Crippen molar-refractivity contribution in [3.05, 3.63) is 188 Å². The minimum Gasteiger partial charge on any atom is -0.451 e. The van der Waals surface area contributed by atoms with Crippen LogP contribution in [0.15, 0.2) is 130 Å². The van der Waals surface area contributed by atoms with Gasteiger partial charge in [0, 0.05) is 66.4 Å². The van der Waals surface area contributed by atoms with Gasteiger partial charge in [-0.15, -0.1) is 0 Å².